The SMILES string of the molecule is COc1cc(Nc2ncccc2/C=C/C(=O)NC2CCCC2N)cc(OC)c1OC. The number of carbonyl (C=O) groups excluding carboxylic acids is 1. The molecule has 1 amide bonds. The molecule has 8 heteroatoms. The van der Waals surface area contributed by atoms with E-state index < -0.39 is 0 Å². The van der Waals surface area contributed by atoms with Gasteiger partial charge in [-0.05, 0) is 37.5 Å². The van der Waals surface area contributed by atoms with Crippen LogP contribution in [0.5, 0.6) is 17.2 Å². The second-order valence-corrected chi connectivity index (χ2v) is 7.02. The van der Waals surface area contributed by atoms with Crippen LogP contribution in [-0.2, 0) is 4.79 Å². The van der Waals surface area contributed by atoms with Crippen LogP contribution in [0.4, 0.5) is 11.5 Å². The largest absolute Gasteiger partial charge is 0.493 e. The van der Waals surface area contributed by atoms with Crippen molar-refractivity contribution in [1.82, 2.24) is 10.3 Å². The van der Waals surface area contributed by atoms with Crippen LogP contribution in [0.25, 0.3) is 6.08 Å². The quantitative estimate of drug-likeness (QED) is 0.572. The van der Waals surface area contributed by atoms with Crippen LogP contribution in [-0.4, -0.2) is 44.3 Å². The number of ether oxygens (including phenoxy) is 3. The van der Waals surface area contributed by atoms with Crippen LogP contribution in [0.15, 0.2) is 36.5 Å². The maximum atomic E-state index is 12.3. The summed E-state index contributed by atoms with van der Waals surface area (Å²) in [5.41, 5.74) is 7.49. The number of nitrogens with two attached hydrogens (primary N) is 1. The number of rotatable bonds is 8. The van der Waals surface area contributed by atoms with E-state index in [1.165, 1.54) is 6.08 Å². The summed E-state index contributed by atoms with van der Waals surface area (Å²) in [5, 5.41) is 6.22. The Morgan fingerprint density at radius 3 is 2.50 bits per heavy atom. The van der Waals surface area contributed by atoms with Gasteiger partial charge in [-0.3, -0.25) is 4.79 Å². The van der Waals surface area contributed by atoms with Gasteiger partial charge in [-0.1, -0.05) is 0 Å². The van der Waals surface area contributed by atoms with Gasteiger partial charge in [0.05, 0.1) is 21.3 Å². The van der Waals surface area contributed by atoms with E-state index in [4.69, 9.17) is 19.9 Å². The third-order valence-electron chi connectivity index (χ3n) is 5.08. The highest BCUT2D eigenvalue weighted by molar-refractivity contribution is 5.93. The van der Waals surface area contributed by atoms with Crippen molar-refractivity contribution in [3.8, 4) is 17.2 Å². The molecule has 30 heavy (non-hydrogen) atoms. The lowest BCUT2D eigenvalue weighted by molar-refractivity contribution is -0.117. The van der Waals surface area contributed by atoms with Crippen molar-refractivity contribution in [1.29, 1.82) is 0 Å². The molecule has 0 bridgehead atoms. The lowest BCUT2D eigenvalue weighted by atomic mass is 10.2. The Bertz CT molecular complexity index is 891. The van der Waals surface area contributed by atoms with Crippen LogP contribution >= 0.6 is 0 Å². The zero-order valence-corrected chi connectivity index (χ0v) is 17.5. The highest BCUT2D eigenvalue weighted by Crippen LogP contribution is 2.40. The number of hydrogen-bond donors (Lipinski definition) is 3. The normalized spacial score (nSPS) is 18.3. The molecule has 8 nitrogen and oxygen atoms in total. The van der Waals surface area contributed by atoms with Crippen LogP contribution in [0, 0.1) is 0 Å². The molecule has 160 valence electrons. The Morgan fingerprint density at radius 2 is 1.90 bits per heavy atom. The number of amides is 1. The summed E-state index contributed by atoms with van der Waals surface area (Å²) in [7, 11) is 4.67. The number of benzene rings is 1. The highest BCUT2D eigenvalue weighted by atomic mass is 16.5. The van der Waals surface area contributed by atoms with E-state index in [0.717, 1.165) is 24.8 Å². The average molecular weight is 412 g/mol. The first-order chi connectivity index (χ1) is 14.5. The molecule has 1 aliphatic rings. The molecule has 2 aromatic rings. The summed E-state index contributed by atoms with van der Waals surface area (Å²) >= 11 is 0. The Balaban J connectivity index is 1.78. The Kier molecular flexibility index (Phi) is 7.13. The Morgan fingerprint density at radius 1 is 1.17 bits per heavy atom. The number of aromatic nitrogens is 1. The second kappa shape index (κ2) is 9.98. The third-order valence-corrected chi connectivity index (χ3v) is 5.08. The minimum atomic E-state index is -0.167. The lowest BCUT2D eigenvalue weighted by Crippen LogP contribution is -2.43. The molecular formula is C22H28N4O4. The minimum absolute atomic E-state index is 0.0259. The molecule has 1 heterocycles. The van der Waals surface area contributed by atoms with Gasteiger partial charge in [-0.15, -0.1) is 0 Å². The van der Waals surface area contributed by atoms with Gasteiger partial charge in [0.25, 0.3) is 0 Å². The molecule has 0 aliphatic heterocycles. The molecule has 1 aliphatic carbocycles. The smallest absolute Gasteiger partial charge is 0.244 e. The number of carbonyl (C=O) groups is 1. The van der Waals surface area contributed by atoms with Crippen molar-refractivity contribution >= 4 is 23.5 Å². The number of nitrogens with zero attached hydrogens (tertiary/aromatic N) is 1. The fourth-order valence-corrected chi connectivity index (χ4v) is 3.51. The minimum Gasteiger partial charge on any atom is -0.493 e. The first-order valence-corrected chi connectivity index (χ1v) is 9.82. The molecule has 1 saturated carbocycles. The number of methoxy groups -OCH3 is 3. The maximum Gasteiger partial charge on any atom is 0.244 e. The van der Waals surface area contributed by atoms with Gasteiger partial charge in [0.2, 0.25) is 11.7 Å². The van der Waals surface area contributed by atoms with Gasteiger partial charge in [0.1, 0.15) is 5.82 Å². The molecule has 2 atom stereocenters. The standard InChI is InChI=1S/C22H28N4O4/c1-28-18-12-15(13-19(29-2)21(18)30-3)25-22-14(6-5-11-24-22)9-10-20(27)26-17-8-4-7-16(17)23/h5-6,9-13,16-17H,4,7-8,23H2,1-3H3,(H,24,25)(H,26,27)/b10-9+. The van der Waals surface area contributed by atoms with Gasteiger partial charge < -0.3 is 30.6 Å². The summed E-state index contributed by atoms with van der Waals surface area (Å²) < 4.78 is 16.1. The Hall–Kier alpha value is -3.26. The summed E-state index contributed by atoms with van der Waals surface area (Å²) in [6, 6.07) is 7.32. The fourth-order valence-electron chi connectivity index (χ4n) is 3.51. The summed E-state index contributed by atoms with van der Waals surface area (Å²) in [6.07, 6.45) is 7.81. The average Bonchev–Trinajstić information content (AvgIpc) is 3.16. The summed E-state index contributed by atoms with van der Waals surface area (Å²) in [6.45, 7) is 0. The van der Waals surface area contributed by atoms with Gasteiger partial charge in [-0.2, -0.15) is 0 Å². The van der Waals surface area contributed by atoms with Crippen molar-refractivity contribution in [2.75, 3.05) is 26.6 Å². The first kappa shape index (κ1) is 21.4. The first-order valence-electron chi connectivity index (χ1n) is 9.82. The zero-order chi connectivity index (χ0) is 21.5. The molecule has 4 N–H and O–H groups in total. The van der Waals surface area contributed by atoms with Gasteiger partial charge in [-0.25, -0.2) is 4.98 Å². The van der Waals surface area contributed by atoms with E-state index in [0.29, 0.717) is 28.8 Å². The molecule has 2 unspecified atom stereocenters. The number of pyridine rings is 1. The molecule has 0 saturated heterocycles. The molecule has 1 fully saturated rings. The van der Waals surface area contributed by atoms with E-state index in [1.54, 1.807) is 45.7 Å². The fraction of sp³-hybridized carbons (Fsp3) is 0.364. The van der Waals surface area contributed by atoms with Gasteiger partial charge >= 0.3 is 0 Å². The molecule has 3 rings (SSSR count). The van der Waals surface area contributed by atoms with Crippen molar-refractivity contribution in [2.24, 2.45) is 5.73 Å². The Labute approximate surface area is 176 Å². The molecule has 1 aromatic carbocycles. The number of nitrogens with one attached hydrogen (secondary N) is 2. The van der Waals surface area contributed by atoms with E-state index in [1.807, 2.05) is 12.1 Å². The van der Waals surface area contributed by atoms with Crippen LogP contribution < -0.4 is 30.6 Å². The number of anilines is 2. The van der Waals surface area contributed by atoms with Crippen molar-refractivity contribution in [3.63, 3.8) is 0 Å². The molecule has 1 aromatic heterocycles. The maximum absolute atomic E-state index is 12.3. The number of hydrogen-bond acceptors (Lipinski definition) is 7. The molecule has 0 radical (unpaired) electrons. The van der Waals surface area contributed by atoms with Crippen LogP contribution in [0.2, 0.25) is 0 Å². The van der Waals surface area contributed by atoms with E-state index in [9.17, 15) is 4.79 Å². The topological polar surface area (TPSA) is 108 Å². The van der Waals surface area contributed by atoms with E-state index >= 15 is 0 Å². The predicted molar refractivity (Wildman–Crippen MR) is 116 cm³/mol. The van der Waals surface area contributed by atoms with Crippen LogP contribution in [0.1, 0.15) is 24.8 Å². The molecule has 0 spiro atoms. The lowest BCUT2D eigenvalue weighted by Gasteiger charge is -2.16. The monoisotopic (exact) mass is 412 g/mol. The van der Waals surface area contributed by atoms with Crippen molar-refractivity contribution in [3.05, 3.63) is 42.1 Å². The zero-order valence-electron chi connectivity index (χ0n) is 17.5. The second-order valence-electron chi connectivity index (χ2n) is 7.02. The summed E-state index contributed by atoms with van der Waals surface area (Å²) in [5.74, 6) is 1.99. The van der Waals surface area contributed by atoms with Gasteiger partial charge in [0.15, 0.2) is 11.5 Å². The highest BCUT2D eigenvalue weighted by Gasteiger charge is 2.24. The van der Waals surface area contributed by atoms with Crippen molar-refractivity contribution < 1.29 is 19.0 Å². The predicted octanol–water partition coefficient (Wildman–Crippen LogP) is 2.86. The van der Waals surface area contributed by atoms with E-state index in [2.05, 4.69) is 15.6 Å². The van der Waals surface area contributed by atoms with Gasteiger partial charge in [0, 0.05) is 47.7 Å². The van der Waals surface area contributed by atoms with Crippen molar-refractivity contribution in [2.45, 2.75) is 31.3 Å². The molecular weight excluding hydrogens is 384 g/mol. The van der Waals surface area contributed by atoms with E-state index in [-0.39, 0.29) is 18.0 Å². The summed E-state index contributed by atoms with van der Waals surface area (Å²) in [4.78, 5) is 16.7. The van der Waals surface area contributed by atoms with Crippen LogP contribution in [0.3, 0.4) is 0 Å². The third kappa shape index (κ3) is 5.01.